The van der Waals surface area contributed by atoms with Gasteiger partial charge in [-0.15, -0.1) is 0 Å². The summed E-state index contributed by atoms with van der Waals surface area (Å²) in [5, 5.41) is 2.25. The molecule has 1 amide bonds. The molecule has 0 unspecified atom stereocenters. The van der Waals surface area contributed by atoms with E-state index in [4.69, 9.17) is 0 Å². The summed E-state index contributed by atoms with van der Waals surface area (Å²) >= 11 is 0. The Kier molecular flexibility index (Phi) is 1.99. The van der Waals surface area contributed by atoms with Gasteiger partial charge in [-0.05, 0) is 0 Å². The summed E-state index contributed by atoms with van der Waals surface area (Å²) in [6.45, 7) is 0.103. The van der Waals surface area contributed by atoms with Crippen LogP contribution in [0.25, 0.3) is 0 Å². The highest BCUT2D eigenvalue weighted by molar-refractivity contribution is 5.67. The number of hydrogen-bond donors (Lipinski definition) is 1. The van der Waals surface area contributed by atoms with Gasteiger partial charge in [-0.25, -0.2) is 4.79 Å². The maximum absolute atomic E-state index is 10.5. The minimum Gasteiger partial charge on any atom is -0.458 e. The van der Waals surface area contributed by atoms with Crippen LogP contribution in [-0.2, 0) is 14.2 Å². The molecular formula is C5H7NO4. The lowest BCUT2D eigenvalue weighted by Crippen LogP contribution is -2.18. The summed E-state index contributed by atoms with van der Waals surface area (Å²) in [7, 11) is 1.46. The van der Waals surface area contributed by atoms with Gasteiger partial charge in [0.1, 0.15) is 0 Å². The van der Waals surface area contributed by atoms with Crippen LogP contribution in [0.1, 0.15) is 0 Å². The zero-order valence-electron chi connectivity index (χ0n) is 5.42. The van der Waals surface area contributed by atoms with Crippen LogP contribution in [0.3, 0.4) is 0 Å². The summed E-state index contributed by atoms with van der Waals surface area (Å²) in [5.74, 6) is 0.0827. The molecule has 0 fully saturated rings. The Balaban J connectivity index is 2.30. The summed E-state index contributed by atoms with van der Waals surface area (Å²) in [6, 6.07) is 0. The first-order valence-electron chi connectivity index (χ1n) is 2.67. The molecule has 1 N–H and O–H groups in total. The van der Waals surface area contributed by atoms with Crippen molar-refractivity contribution in [2.24, 2.45) is 0 Å². The summed E-state index contributed by atoms with van der Waals surface area (Å²) in [4.78, 5) is 10.5. The molecule has 1 heterocycles. The maximum Gasteiger partial charge on any atom is 0.414 e. The molecule has 0 saturated heterocycles. The number of carbonyl (C=O) groups is 1. The van der Waals surface area contributed by atoms with E-state index in [1.165, 1.54) is 13.3 Å². The lowest BCUT2D eigenvalue weighted by molar-refractivity contribution is 0.0290. The number of ether oxygens (including phenoxy) is 3. The highest BCUT2D eigenvalue weighted by Crippen LogP contribution is 2.06. The van der Waals surface area contributed by atoms with Crippen molar-refractivity contribution in [1.82, 2.24) is 5.32 Å². The van der Waals surface area contributed by atoms with Crippen LogP contribution < -0.4 is 5.32 Å². The number of rotatable bonds is 1. The second-order valence-corrected chi connectivity index (χ2v) is 1.51. The highest BCUT2D eigenvalue weighted by Gasteiger charge is 2.10. The number of alkyl carbamates (subject to hydrolysis) is 1. The Morgan fingerprint density at radius 2 is 2.70 bits per heavy atom. The van der Waals surface area contributed by atoms with Gasteiger partial charge in [0, 0.05) is 7.05 Å². The molecular weight excluding hydrogens is 138 g/mol. The van der Waals surface area contributed by atoms with Gasteiger partial charge in [0.15, 0.2) is 6.26 Å². The van der Waals surface area contributed by atoms with Gasteiger partial charge in [-0.3, -0.25) is 0 Å². The Morgan fingerprint density at radius 3 is 3.20 bits per heavy atom. The van der Waals surface area contributed by atoms with E-state index in [2.05, 4.69) is 19.5 Å². The van der Waals surface area contributed by atoms with E-state index in [0.29, 0.717) is 0 Å². The fourth-order valence-corrected chi connectivity index (χ4v) is 0.424. The molecule has 56 valence electrons. The van der Waals surface area contributed by atoms with Gasteiger partial charge in [0.05, 0.1) is 0 Å². The number of nitrogens with one attached hydrogen (secondary N) is 1. The zero-order chi connectivity index (χ0) is 7.40. The van der Waals surface area contributed by atoms with E-state index in [1.807, 2.05) is 0 Å². The van der Waals surface area contributed by atoms with Gasteiger partial charge < -0.3 is 19.5 Å². The van der Waals surface area contributed by atoms with Crippen LogP contribution in [0, 0.1) is 0 Å². The summed E-state index contributed by atoms with van der Waals surface area (Å²) < 4.78 is 13.8. The standard InChI is InChI=1S/C5H7NO4/c1-6-5(7)10-4-2-8-3-9-4/h2H,3H2,1H3,(H,6,7). The Bertz CT molecular complexity index is 165. The smallest absolute Gasteiger partial charge is 0.414 e. The summed E-state index contributed by atoms with van der Waals surface area (Å²) in [6.07, 6.45) is 0.659. The normalized spacial score (nSPS) is 14.7. The minimum absolute atomic E-state index is 0.0827. The van der Waals surface area contributed by atoms with Gasteiger partial charge in [-0.2, -0.15) is 0 Å². The largest absolute Gasteiger partial charge is 0.458 e. The lowest BCUT2D eigenvalue weighted by Gasteiger charge is -2.00. The fourth-order valence-electron chi connectivity index (χ4n) is 0.424. The van der Waals surface area contributed by atoms with Gasteiger partial charge >= 0.3 is 12.0 Å². The van der Waals surface area contributed by atoms with Crippen molar-refractivity contribution < 1.29 is 19.0 Å². The Morgan fingerprint density at radius 1 is 1.90 bits per heavy atom. The molecule has 1 aliphatic heterocycles. The van der Waals surface area contributed by atoms with E-state index >= 15 is 0 Å². The van der Waals surface area contributed by atoms with E-state index < -0.39 is 6.09 Å². The van der Waals surface area contributed by atoms with Crippen LogP contribution in [0.2, 0.25) is 0 Å². The van der Waals surface area contributed by atoms with Crippen molar-refractivity contribution in [3.63, 3.8) is 0 Å². The van der Waals surface area contributed by atoms with Crippen molar-refractivity contribution in [1.29, 1.82) is 0 Å². The Labute approximate surface area is 57.6 Å². The van der Waals surface area contributed by atoms with Crippen LogP contribution in [-0.4, -0.2) is 19.9 Å². The molecule has 0 spiro atoms. The first-order valence-corrected chi connectivity index (χ1v) is 2.67. The van der Waals surface area contributed by atoms with Gasteiger partial charge in [0.25, 0.3) is 0 Å². The van der Waals surface area contributed by atoms with Crippen molar-refractivity contribution in [2.75, 3.05) is 13.8 Å². The molecule has 1 rings (SSSR count). The topological polar surface area (TPSA) is 56.8 Å². The van der Waals surface area contributed by atoms with Gasteiger partial charge in [-0.1, -0.05) is 0 Å². The molecule has 0 aromatic rings. The minimum atomic E-state index is -0.572. The second kappa shape index (κ2) is 2.95. The maximum atomic E-state index is 10.5. The quantitative estimate of drug-likeness (QED) is 0.570. The monoisotopic (exact) mass is 145 g/mol. The first kappa shape index (κ1) is 6.73. The molecule has 0 saturated carbocycles. The molecule has 0 bridgehead atoms. The van der Waals surface area contributed by atoms with Crippen LogP contribution in [0.4, 0.5) is 4.79 Å². The molecule has 0 aromatic heterocycles. The highest BCUT2D eigenvalue weighted by atomic mass is 16.8. The van der Waals surface area contributed by atoms with Crippen molar-refractivity contribution >= 4 is 6.09 Å². The van der Waals surface area contributed by atoms with Crippen molar-refractivity contribution in [3.8, 4) is 0 Å². The van der Waals surface area contributed by atoms with E-state index in [-0.39, 0.29) is 12.7 Å². The van der Waals surface area contributed by atoms with Gasteiger partial charge in [0.2, 0.25) is 6.79 Å². The number of carbonyl (C=O) groups excluding carboxylic acids is 1. The molecule has 0 atom stereocenters. The van der Waals surface area contributed by atoms with Crippen LogP contribution in [0.15, 0.2) is 12.2 Å². The summed E-state index contributed by atoms with van der Waals surface area (Å²) in [5.41, 5.74) is 0. The molecule has 5 nitrogen and oxygen atoms in total. The molecule has 0 radical (unpaired) electrons. The van der Waals surface area contributed by atoms with E-state index in [9.17, 15) is 4.79 Å². The number of amides is 1. The zero-order valence-corrected chi connectivity index (χ0v) is 5.42. The number of hydrogen-bond acceptors (Lipinski definition) is 4. The molecule has 0 aromatic carbocycles. The Hall–Kier alpha value is -1.39. The lowest BCUT2D eigenvalue weighted by atomic mass is 10.9. The average molecular weight is 145 g/mol. The van der Waals surface area contributed by atoms with E-state index in [0.717, 1.165) is 0 Å². The molecule has 0 aliphatic carbocycles. The van der Waals surface area contributed by atoms with Crippen LogP contribution in [0.5, 0.6) is 0 Å². The molecule has 10 heavy (non-hydrogen) atoms. The van der Waals surface area contributed by atoms with Crippen molar-refractivity contribution in [2.45, 2.75) is 0 Å². The SMILES string of the molecule is CNC(=O)OC1=COCO1. The third kappa shape index (κ3) is 1.54. The average Bonchev–Trinajstić information content (AvgIpc) is 2.40. The third-order valence-corrected chi connectivity index (χ3v) is 0.846. The van der Waals surface area contributed by atoms with Crippen LogP contribution >= 0.6 is 0 Å². The first-order chi connectivity index (χ1) is 4.83. The third-order valence-electron chi connectivity index (χ3n) is 0.846. The van der Waals surface area contributed by atoms with E-state index in [1.54, 1.807) is 0 Å². The fraction of sp³-hybridized carbons (Fsp3) is 0.400. The predicted octanol–water partition coefficient (Wildman–Crippen LogP) is 0.146. The van der Waals surface area contributed by atoms with Crippen molar-refractivity contribution in [3.05, 3.63) is 12.2 Å². The second-order valence-electron chi connectivity index (χ2n) is 1.51. The predicted molar refractivity (Wildman–Crippen MR) is 30.7 cm³/mol. The molecule has 5 heteroatoms. The molecule has 1 aliphatic rings.